The molecule has 5 nitrogen and oxygen atoms in total. The Hall–Kier alpha value is -2.74. The van der Waals surface area contributed by atoms with E-state index in [-0.39, 0.29) is 5.92 Å². The zero-order valence-electron chi connectivity index (χ0n) is 19.4. The molecule has 0 saturated heterocycles. The molecule has 0 aliphatic carbocycles. The molecule has 0 fully saturated rings. The lowest BCUT2D eigenvalue weighted by molar-refractivity contribution is -0.142. The van der Waals surface area contributed by atoms with Gasteiger partial charge in [-0.2, -0.15) is 5.26 Å². The van der Waals surface area contributed by atoms with Crippen molar-refractivity contribution in [2.75, 3.05) is 0 Å². The van der Waals surface area contributed by atoms with E-state index in [0.29, 0.717) is 18.0 Å². The zero-order valence-corrected chi connectivity index (χ0v) is 19.4. The summed E-state index contributed by atoms with van der Waals surface area (Å²) in [6, 6.07) is 9.20. The summed E-state index contributed by atoms with van der Waals surface area (Å²) in [5.41, 5.74) is 0.865. The Morgan fingerprint density at radius 3 is 2.26 bits per heavy atom. The van der Waals surface area contributed by atoms with Gasteiger partial charge in [0.25, 0.3) is 0 Å². The van der Waals surface area contributed by atoms with Gasteiger partial charge in [0.1, 0.15) is 5.75 Å². The molecule has 1 aromatic carbocycles. The Kier molecular flexibility index (Phi) is 9.65. The summed E-state index contributed by atoms with van der Waals surface area (Å²) in [7, 11) is 0. The van der Waals surface area contributed by atoms with E-state index in [0.717, 1.165) is 17.5 Å². The van der Waals surface area contributed by atoms with E-state index in [2.05, 4.69) is 23.0 Å². The number of benzene rings is 1. The van der Waals surface area contributed by atoms with Crippen LogP contribution < -0.4 is 4.74 Å². The molecule has 0 amide bonds. The van der Waals surface area contributed by atoms with Gasteiger partial charge in [-0.05, 0) is 61.9 Å². The molecule has 31 heavy (non-hydrogen) atoms. The Morgan fingerprint density at radius 1 is 1.06 bits per heavy atom. The first-order valence-electron chi connectivity index (χ1n) is 11.4. The van der Waals surface area contributed by atoms with Gasteiger partial charge in [0.15, 0.2) is 11.2 Å². The first kappa shape index (κ1) is 24.5. The molecule has 2 aromatic rings. The van der Waals surface area contributed by atoms with Crippen molar-refractivity contribution >= 4 is 5.97 Å². The van der Waals surface area contributed by atoms with Crippen LogP contribution in [0, 0.1) is 22.7 Å². The molecule has 0 saturated carbocycles. The molecule has 0 aliphatic rings. The number of hydrogen-bond donors (Lipinski definition) is 0. The van der Waals surface area contributed by atoms with Gasteiger partial charge < -0.3 is 4.74 Å². The Balaban J connectivity index is 1.91. The summed E-state index contributed by atoms with van der Waals surface area (Å²) in [6.45, 7) is 7.83. The highest BCUT2D eigenvalue weighted by Gasteiger charge is 2.36. The molecule has 1 atom stereocenters. The second kappa shape index (κ2) is 12.2. The monoisotopic (exact) mass is 421 g/mol. The maximum Gasteiger partial charge on any atom is 0.331 e. The predicted octanol–water partition coefficient (Wildman–Crippen LogP) is 6.53. The lowest BCUT2D eigenvalue weighted by atomic mass is 9.83. The Bertz CT molecular complexity index is 854. The number of aryl methyl sites for hydroxylation is 1. The number of ether oxygens (including phenoxy) is 1. The second-order valence-electron chi connectivity index (χ2n) is 8.89. The molecule has 1 unspecified atom stereocenters. The van der Waals surface area contributed by atoms with Crippen molar-refractivity contribution in [2.45, 2.75) is 79.1 Å². The highest BCUT2D eigenvalue weighted by atomic mass is 16.5. The standard InChI is InChI=1S/C26H35N3O2/c1-5-6-7-8-9-10-11-21-17-28-24(29-18-21)22-12-14-23(15-13-22)31-25(30)26(4,19-27)16-20(2)3/h12-15,17-18,20H,5-11,16H2,1-4H3. The van der Waals surface area contributed by atoms with E-state index in [9.17, 15) is 10.1 Å². The van der Waals surface area contributed by atoms with Crippen molar-refractivity contribution in [1.29, 1.82) is 5.26 Å². The normalized spacial score (nSPS) is 12.9. The lowest BCUT2D eigenvalue weighted by Gasteiger charge is -2.21. The average molecular weight is 422 g/mol. The van der Waals surface area contributed by atoms with Crippen LogP contribution in [-0.4, -0.2) is 15.9 Å². The average Bonchev–Trinajstić information content (AvgIpc) is 2.76. The van der Waals surface area contributed by atoms with E-state index in [4.69, 9.17) is 4.74 Å². The SMILES string of the molecule is CCCCCCCCc1cnc(-c2ccc(OC(=O)C(C)(C#N)CC(C)C)cc2)nc1. The first-order valence-corrected chi connectivity index (χ1v) is 11.4. The van der Waals surface area contributed by atoms with Crippen LogP contribution in [0.1, 0.15) is 78.2 Å². The Labute approximate surface area is 186 Å². The van der Waals surface area contributed by atoms with Crippen LogP contribution in [0.25, 0.3) is 11.4 Å². The molecule has 0 aliphatic heterocycles. The van der Waals surface area contributed by atoms with Gasteiger partial charge in [-0.3, -0.25) is 0 Å². The number of unbranched alkanes of at least 4 members (excludes halogenated alkanes) is 5. The molecule has 0 bridgehead atoms. The molecular weight excluding hydrogens is 386 g/mol. The van der Waals surface area contributed by atoms with Crippen LogP contribution in [0.4, 0.5) is 0 Å². The smallest absolute Gasteiger partial charge is 0.331 e. The largest absolute Gasteiger partial charge is 0.425 e. The molecule has 5 heteroatoms. The summed E-state index contributed by atoms with van der Waals surface area (Å²) in [5, 5.41) is 9.43. The summed E-state index contributed by atoms with van der Waals surface area (Å²) in [6.07, 6.45) is 12.9. The van der Waals surface area contributed by atoms with Gasteiger partial charge >= 0.3 is 5.97 Å². The summed E-state index contributed by atoms with van der Waals surface area (Å²) >= 11 is 0. The minimum absolute atomic E-state index is 0.223. The number of hydrogen-bond acceptors (Lipinski definition) is 5. The zero-order chi connectivity index (χ0) is 22.7. The highest BCUT2D eigenvalue weighted by Crippen LogP contribution is 2.28. The van der Waals surface area contributed by atoms with Crippen molar-refractivity contribution in [1.82, 2.24) is 9.97 Å². The minimum atomic E-state index is -1.15. The molecule has 0 N–H and O–H groups in total. The predicted molar refractivity (Wildman–Crippen MR) is 123 cm³/mol. The maximum absolute atomic E-state index is 12.5. The van der Waals surface area contributed by atoms with Gasteiger partial charge in [0.05, 0.1) is 6.07 Å². The molecule has 0 spiro atoms. The molecule has 1 heterocycles. The fourth-order valence-corrected chi connectivity index (χ4v) is 3.63. The number of aromatic nitrogens is 2. The van der Waals surface area contributed by atoms with Crippen molar-refractivity contribution in [3.8, 4) is 23.2 Å². The fourth-order valence-electron chi connectivity index (χ4n) is 3.63. The molecule has 166 valence electrons. The molecule has 2 rings (SSSR count). The van der Waals surface area contributed by atoms with Crippen molar-refractivity contribution in [3.05, 3.63) is 42.2 Å². The van der Waals surface area contributed by atoms with Crippen molar-refractivity contribution < 1.29 is 9.53 Å². The number of carbonyl (C=O) groups is 1. The van der Waals surface area contributed by atoms with Crippen LogP contribution in [-0.2, 0) is 11.2 Å². The third-order valence-electron chi connectivity index (χ3n) is 5.36. The topological polar surface area (TPSA) is 75.9 Å². The van der Waals surface area contributed by atoms with Gasteiger partial charge in [-0.1, -0.05) is 52.9 Å². The lowest BCUT2D eigenvalue weighted by Crippen LogP contribution is -2.32. The van der Waals surface area contributed by atoms with Crippen LogP contribution in [0.15, 0.2) is 36.7 Å². The van der Waals surface area contributed by atoms with Crippen molar-refractivity contribution in [3.63, 3.8) is 0 Å². The molecule has 1 aromatic heterocycles. The van der Waals surface area contributed by atoms with E-state index >= 15 is 0 Å². The minimum Gasteiger partial charge on any atom is -0.425 e. The second-order valence-corrected chi connectivity index (χ2v) is 8.89. The van der Waals surface area contributed by atoms with Crippen molar-refractivity contribution in [2.24, 2.45) is 11.3 Å². The van der Waals surface area contributed by atoms with Crippen LogP contribution in [0.5, 0.6) is 5.75 Å². The quantitative estimate of drug-likeness (QED) is 0.221. The van der Waals surface area contributed by atoms with Gasteiger partial charge in [0, 0.05) is 18.0 Å². The van der Waals surface area contributed by atoms with E-state index < -0.39 is 11.4 Å². The van der Waals surface area contributed by atoms with E-state index in [1.165, 1.54) is 38.5 Å². The van der Waals surface area contributed by atoms with Gasteiger partial charge in [0.2, 0.25) is 0 Å². The number of nitrogens with zero attached hydrogens (tertiary/aromatic N) is 3. The summed E-state index contributed by atoms with van der Waals surface area (Å²) in [5.74, 6) is 0.761. The van der Waals surface area contributed by atoms with Gasteiger partial charge in [-0.15, -0.1) is 0 Å². The number of carbonyl (C=O) groups excluding carboxylic acids is 1. The number of esters is 1. The van der Waals surface area contributed by atoms with Gasteiger partial charge in [-0.25, -0.2) is 14.8 Å². The first-order chi connectivity index (χ1) is 14.9. The van der Waals surface area contributed by atoms with Crippen LogP contribution in [0.2, 0.25) is 0 Å². The highest BCUT2D eigenvalue weighted by molar-refractivity contribution is 5.81. The van der Waals surface area contributed by atoms with E-state index in [1.54, 1.807) is 19.1 Å². The van der Waals surface area contributed by atoms with Crippen LogP contribution in [0.3, 0.4) is 0 Å². The summed E-state index contributed by atoms with van der Waals surface area (Å²) in [4.78, 5) is 21.5. The Morgan fingerprint density at radius 2 is 1.68 bits per heavy atom. The fraction of sp³-hybridized carbons (Fsp3) is 0.538. The molecule has 0 radical (unpaired) electrons. The summed E-state index contributed by atoms with van der Waals surface area (Å²) < 4.78 is 5.46. The number of rotatable bonds is 12. The molecular formula is C26H35N3O2. The maximum atomic E-state index is 12.5. The third kappa shape index (κ3) is 7.79. The third-order valence-corrected chi connectivity index (χ3v) is 5.36. The number of nitriles is 1. The van der Waals surface area contributed by atoms with E-state index in [1.807, 2.05) is 38.4 Å². The van der Waals surface area contributed by atoms with Crippen LogP contribution >= 0.6 is 0 Å².